The molecule has 120 valence electrons. The Hall–Kier alpha value is -2.59. The molecule has 3 N–H and O–H groups in total. The highest BCUT2D eigenvalue weighted by Crippen LogP contribution is 2.26. The minimum Gasteiger partial charge on any atom is -0.388 e. The van der Waals surface area contributed by atoms with Gasteiger partial charge in [0.15, 0.2) is 0 Å². The summed E-state index contributed by atoms with van der Waals surface area (Å²) < 4.78 is 4.98. The molecule has 1 saturated heterocycles. The van der Waals surface area contributed by atoms with E-state index >= 15 is 0 Å². The van der Waals surface area contributed by atoms with Gasteiger partial charge in [0.25, 0.3) is 0 Å². The third-order valence-corrected chi connectivity index (χ3v) is 4.30. The lowest BCUT2D eigenvalue weighted by Gasteiger charge is -2.29. The molecule has 1 aromatic carbocycles. The molecule has 0 unspecified atom stereocenters. The van der Waals surface area contributed by atoms with Crippen molar-refractivity contribution in [3.8, 4) is 17.5 Å². The van der Waals surface area contributed by atoms with E-state index in [1.807, 2.05) is 0 Å². The van der Waals surface area contributed by atoms with Crippen LogP contribution in [0.3, 0.4) is 0 Å². The third kappa shape index (κ3) is 3.43. The predicted octanol–water partition coefficient (Wildman–Crippen LogP) is 1.70. The van der Waals surface area contributed by atoms with Crippen LogP contribution in [0.2, 0.25) is 0 Å². The van der Waals surface area contributed by atoms with Crippen LogP contribution < -0.4 is 16.4 Å². The summed E-state index contributed by atoms with van der Waals surface area (Å²) in [6.07, 6.45) is 2.23. The van der Waals surface area contributed by atoms with Crippen molar-refractivity contribution in [1.82, 2.24) is 15.5 Å². The van der Waals surface area contributed by atoms with Crippen molar-refractivity contribution >= 4 is 5.69 Å². The van der Waals surface area contributed by atoms with Gasteiger partial charge in [0.2, 0.25) is 5.89 Å². The Labute approximate surface area is 133 Å². The zero-order valence-electron chi connectivity index (χ0n) is 12.9. The molecule has 2 heterocycles. The first kappa shape index (κ1) is 15.3. The number of anilines is 1. The largest absolute Gasteiger partial charge is 0.434 e. The van der Waals surface area contributed by atoms with E-state index in [4.69, 9.17) is 4.42 Å². The van der Waals surface area contributed by atoms with Gasteiger partial charge in [0.05, 0.1) is 11.3 Å². The van der Waals surface area contributed by atoms with Crippen LogP contribution in [0.15, 0.2) is 27.4 Å². The quantitative estimate of drug-likeness (QED) is 0.793. The van der Waals surface area contributed by atoms with E-state index in [2.05, 4.69) is 33.8 Å². The summed E-state index contributed by atoms with van der Waals surface area (Å²) in [6.45, 7) is 4.19. The number of aromatic amines is 1. The molecular formula is C16H19N5O2. The number of rotatable bonds is 4. The number of aromatic nitrogens is 2. The van der Waals surface area contributed by atoms with Crippen molar-refractivity contribution in [2.24, 2.45) is 5.92 Å². The fourth-order valence-corrected chi connectivity index (χ4v) is 2.95. The monoisotopic (exact) mass is 313 g/mol. The summed E-state index contributed by atoms with van der Waals surface area (Å²) >= 11 is 0. The van der Waals surface area contributed by atoms with Crippen LogP contribution in [-0.4, -0.2) is 29.3 Å². The summed E-state index contributed by atoms with van der Waals surface area (Å²) in [5.74, 6) is 0.189. The number of piperidine rings is 1. The molecule has 7 nitrogen and oxygen atoms in total. The molecule has 1 atom stereocenters. The topological polar surface area (TPSA) is 107 Å². The van der Waals surface area contributed by atoms with Gasteiger partial charge >= 0.3 is 5.76 Å². The Morgan fingerprint density at radius 3 is 2.87 bits per heavy atom. The van der Waals surface area contributed by atoms with Gasteiger partial charge < -0.3 is 15.1 Å². The average molecular weight is 313 g/mol. The van der Waals surface area contributed by atoms with Crippen molar-refractivity contribution in [3.05, 3.63) is 34.3 Å². The second-order valence-corrected chi connectivity index (χ2v) is 5.81. The van der Waals surface area contributed by atoms with E-state index in [1.165, 1.54) is 0 Å². The predicted molar refractivity (Wildman–Crippen MR) is 86.0 cm³/mol. The van der Waals surface area contributed by atoms with Crippen molar-refractivity contribution in [2.75, 3.05) is 18.4 Å². The molecule has 3 rings (SSSR count). The van der Waals surface area contributed by atoms with Gasteiger partial charge in [-0.3, -0.25) is 0 Å². The number of benzene rings is 1. The number of nitrogens with zero attached hydrogens (tertiary/aromatic N) is 2. The zero-order valence-corrected chi connectivity index (χ0v) is 12.9. The second kappa shape index (κ2) is 6.67. The van der Waals surface area contributed by atoms with E-state index in [9.17, 15) is 10.1 Å². The highest BCUT2D eigenvalue weighted by molar-refractivity contribution is 5.67. The molecule has 0 spiro atoms. The second-order valence-electron chi connectivity index (χ2n) is 5.81. The Kier molecular flexibility index (Phi) is 4.44. The number of H-pyrrole nitrogens is 1. The SMILES string of the molecule is C[C@H](Nc1cc(-c2n[nH]c(=O)o2)ccc1C#N)C1CCNCC1. The lowest BCUT2D eigenvalue weighted by atomic mass is 9.91. The summed E-state index contributed by atoms with van der Waals surface area (Å²) in [6, 6.07) is 7.68. The van der Waals surface area contributed by atoms with Gasteiger partial charge in [-0.25, -0.2) is 9.89 Å². The zero-order chi connectivity index (χ0) is 16.2. The van der Waals surface area contributed by atoms with Gasteiger partial charge in [-0.1, -0.05) is 0 Å². The first-order valence-electron chi connectivity index (χ1n) is 7.74. The van der Waals surface area contributed by atoms with Gasteiger partial charge in [0, 0.05) is 11.6 Å². The Morgan fingerprint density at radius 2 is 2.22 bits per heavy atom. The maximum atomic E-state index is 11.1. The molecule has 0 aliphatic carbocycles. The van der Waals surface area contributed by atoms with Crippen LogP contribution in [0, 0.1) is 17.2 Å². The number of nitriles is 1. The Morgan fingerprint density at radius 1 is 1.43 bits per heavy atom. The van der Waals surface area contributed by atoms with E-state index in [1.54, 1.807) is 18.2 Å². The smallest absolute Gasteiger partial charge is 0.388 e. The van der Waals surface area contributed by atoms with E-state index in [0.717, 1.165) is 31.6 Å². The van der Waals surface area contributed by atoms with Crippen molar-refractivity contribution in [3.63, 3.8) is 0 Å². The lowest BCUT2D eigenvalue weighted by Crippen LogP contribution is -2.36. The number of hydrogen-bond donors (Lipinski definition) is 3. The molecule has 2 aromatic rings. The molecule has 1 aliphatic heterocycles. The van der Waals surface area contributed by atoms with Gasteiger partial charge in [-0.15, -0.1) is 5.10 Å². The van der Waals surface area contributed by atoms with Crippen LogP contribution >= 0.6 is 0 Å². The third-order valence-electron chi connectivity index (χ3n) is 4.30. The van der Waals surface area contributed by atoms with Crippen molar-refractivity contribution in [2.45, 2.75) is 25.8 Å². The van der Waals surface area contributed by atoms with E-state index in [-0.39, 0.29) is 11.9 Å². The standard InChI is InChI=1S/C16H19N5O2/c1-10(11-4-6-18-7-5-11)19-14-8-12(2-3-13(14)9-17)15-20-21-16(22)23-15/h2-3,8,10-11,18-19H,4-7H2,1H3,(H,21,22)/t10-/m0/s1. The first-order chi connectivity index (χ1) is 11.2. The number of hydrogen-bond acceptors (Lipinski definition) is 6. The highest BCUT2D eigenvalue weighted by Gasteiger charge is 2.21. The maximum absolute atomic E-state index is 11.1. The summed E-state index contributed by atoms with van der Waals surface area (Å²) in [5, 5.41) is 22.2. The lowest BCUT2D eigenvalue weighted by molar-refractivity contribution is 0.343. The van der Waals surface area contributed by atoms with Gasteiger partial charge in [0.1, 0.15) is 6.07 Å². The molecule has 0 amide bonds. The Balaban J connectivity index is 1.84. The first-order valence-corrected chi connectivity index (χ1v) is 7.74. The van der Waals surface area contributed by atoms with E-state index < -0.39 is 5.76 Å². The molecule has 0 radical (unpaired) electrons. The van der Waals surface area contributed by atoms with Crippen LogP contribution in [0.4, 0.5) is 5.69 Å². The number of nitrogens with one attached hydrogen (secondary N) is 3. The highest BCUT2D eigenvalue weighted by atomic mass is 16.4. The fourth-order valence-electron chi connectivity index (χ4n) is 2.95. The van der Waals surface area contributed by atoms with Crippen molar-refractivity contribution < 1.29 is 4.42 Å². The Bertz CT molecular complexity index is 767. The molecule has 1 aromatic heterocycles. The normalized spacial score (nSPS) is 16.7. The minimum atomic E-state index is -0.595. The minimum absolute atomic E-state index is 0.219. The summed E-state index contributed by atoms with van der Waals surface area (Å²) in [7, 11) is 0. The molecule has 1 fully saturated rings. The molecule has 23 heavy (non-hydrogen) atoms. The van der Waals surface area contributed by atoms with Gasteiger partial charge in [-0.2, -0.15) is 5.26 Å². The summed E-state index contributed by atoms with van der Waals surface area (Å²) in [4.78, 5) is 11.1. The molecule has 7 heteroatoms. The molecule has 0 bridgehead atoms. The van der Waals surface area contributed by atoms with Crippen LogP contribution in [-0.2, 0) is 0 Å². The average Bonchev–Trinajstić information content (AvgIpc) is 3.02. The van der Waals surface area contributed by atoms with Crippen LogP contribution in [0.25, 0.3) is 11.5 Å². The maximum Gasteiger partial charge on any atom is 0.434 e. The molecule has 1 aliphatic rings. The van der Waals surface area contributed by atoms with Gasteiger partial charge in [-0.05, 0) is 57.0 Å². The molecule has 0 saturated carbocycles. The summed E-state index contributed by atoms with van der Waals surface area (Å²) in [5.41, 5.74) is 1.96. The van der Waals surface area contributed by atoms with Crippen molar-refractivity contribution in [1.29, 1.82) is 5.26 Å². The molecular weight excluding hydrogens is 294 g/mol. The van der Waals surface area contributed by atoms with E-state index in [0.29, 0.717) is 17.0 Å². The van der Waals surface area contributed by atoms with Crippen LogP contribution in [0.1, 0.15) is 25.3 Å². The fraction of sp³-hybridized carbons (Fsp3) is 0.438. The van der Waals surface area contributed by atoms with Crippen LogP contribution in [0.5, 0.6) is 0 Å².